The Balaban J connectivity index is 1.83. The molecule has 2 heterocycles. The number of hydrogen-bond donors (Lipinski definition) is 1. The number of Topliss-reactive ketones (excluding diaryl/α,β-unsaturated/α-hetero) is 1. The summed E-state index contributed by atoms with van der Waals surface area (Å²) in [6.07, 6.45) is 0. The zero-order valence-electron chi connectivity index (χ0n) is 14.9. The first-order valence-corrected chi connectivity index (χ1v) is 8.71. The molecule has 3 aromatic rings. The quantitative estimate of drug-likeness (QED) is 0.707. The van der Waals surface area contributed by atoms with Gasteiger partial charge in [-0.25, -0.2) is 0 Å². The Morgan fingerprint density at radius 3 is 2.70 bits per heavy atom. The van der Waals surface area contributed by atoms with Gasteiger partial charge in [0, 0.05) is 37.0 Å². The molecular weight excluding hydrogens is 350 g/mol. The molecule has 0 spiro atoms. The van der Waals surface area contributed by atoms with Crippen LogP contribution in [-0.2, 0) is 9.53 Å². The molecule has 0 saturated carbocycles. The van der Waals surface area contributed by atoms with Crippen molar-refractivity contribution in [2.45, 2.75) is 6.92 Å². The number of carbonyl (C=O) groups is 1. The van der Waals surface area contributed by atoms with E-state index in [0.717, 1.165) is 5.69 Å². The number of aromatic hydroxyl groups is 1. The van der Waals surface area contributed by atoms with Crippen molar-refractivity contribution in [1.82, 2.24) is 0 Å². The third kappa shape index (κ3) is 3.33. The Morgan fingerprint density at radius 1 is 1.19 bits per heavy atom. The Bertz CT molecular complexity index is 1080. The third-order valence-corrected chi connectivity index (χ3v) is 4.53. The summed E-state index contributed by atoms with van der Waals surface area (Å²) in [4.78, 5) is 26.0. The van der Waals surface area contributed by atoms with Crippen molar-refractivity contribution in [2.75, 3.05) is 37.8 Å². The molecule has 0 bridgehead atoms. The predicted molar refractivity (Wildman–Crippen MR) is 101 cm³/mol. The monoisotopic (exact) mass is 369 g/mol. The number of phenolic OH excluding ortho intramolecular Hbond substituents is 1. The largest absolute Gasteiger partial charge is 0.507 e. The number of fused-ring (bicyclic) bond motifs is 2. The second-order valence-electron chi connectivity index (χ2n) is 6.52. The smallest absolute Gasteiger partial charge is 0.204 e. The molecule has 0 atom stereocenters. The van der Waals surface area contributed by atoms with Crippen LogP contribution in [0.1, 0.15) is 6.92 Å². The summed E-state index contributed by atoms with van der Waals surface area (Å²) >= 11 is 0. The van der Waals surface area contributed by atoms with Crippen molar-refractivity contribution >= 4 is 33.4 Å². The van der Waals surface area contributed by atoms with Crippen LogP contribution in [0.25, 0.3) is 21.9 Å². The molecule has 0 amide bonds. The third-order valence-electron chi connectivity index (χ3n) is 4.53. The lowest BCUT2D eigenvalue weighted by atomic mass is 10.1. The van der Waals surface area contributed by atoms with Crippen LogP contribution in [0.15, 0.2) is 39.5 Å². The van der Waals surface area contributed by atoms with Gasteiger partial charge in [0.1, 0.15) is 34.7 Å². The number of ether oxygens (including phenoxy) is 2. The maximum Gasteiger partial charge on any atom is 0.204 e. The molecule has 7 nitrogen and oxygen atoms in total. The van der Waals surface area contributed by atoms with Crippen LogP contribution >= 0.6 is 0 Å². The van der Waals surface area contributed by atoms with Gasteiger partial charge in [-0.05, 0) is 19.1 Å². The van der Waals surface area contributed by atoms with Crippen LogP contribution in [0.4, 0.5) is 5.69 Å². The molecule has 1 saturated heterocycles. The molecule has 1 aromatic heterocycles. The zero-order valence-corrected chi connectivity index (χ0v) is 14.9. The fourth-order valence-electron chi connectivity index (χ4n) is 3.20. The van der Waals surface area contributed by atoms with Crippen molar-refractivity contribution in [1.29, 1.82) is 0 Å². The van der Waals surface area contributed by atoms with E-state index in [1.165, 1.54) is 6.92 Å². The normalized spacial score (nSPS) is 14.6. The lowest BCUT2D eigenvalue weighted by molar-refractivity contribution is -0.118. The van der Waals surface area contributed by atoms with Crippen LogP contribution in [0.3, 0.4) is 0 Å². The van der Waals surface area contributed by atoms with E-state index >= 15 is 0 Å². The molecule has 1 aliphatic heterocycles. The summed E-state index contributed by atoms with van der Waals surface area (Å²) in [6, 6.07) is 8.10. The fourth-order valence-corrected chi connectivity index (χ4v) is 3.20. The van der Waals surface area contributed by atoms with Gasteiger partial charge in [0.15, 0.2) is 5.78 Å². The number of phenols is 1. The summed E-state index contributed by atoms with van der Waals surface area (Å²) in [5.74, 6) is 0.227. The summed E-state index contributed by atoms with van der Waals surface area (Å²) in [5, 5.41) is 10.9. The first-order valence-electron chi connectivity index (χ1n) is 8.71. The van der Waals surface area contributed by atoms with Gasteiger partial charge >= 0.3 is 0 Å². The summed E-state index contributed by atoms with van der Waals surface area (Å²) < 4.78 is 16.6. The van der Waals surface area contributed by atoms with E-state index in [1.807, 2.05) is 0 Å². The van der Waals surface area contributed by atoms with E-state index < -0.39 is 0 Å². The van der Waals surface area contributed by atoms with E-state index in [-0.39, 0.29) is 29.0 Å². The molecule has 1 N–H and O–H groups in total. The second kappa shape index (κ2) is 6.92. The van der Waals surface area contributed by atoms with Crippen molar-refractivity contribution in [3.63, 3.8) is 0 Å². The average Bonchev–Trinajstić information content (AvgIpc) is 2.66. The number of anilines is 1. The highest BCUT2D eigenvalue weighted by Gasteiger charge is 2.17. The fraction of sp³-hybridized carbons (Fsp3) is 0.300. The predicted octanol–water partition coefficient (Wildman–Crippen LogP) is 2.46. The maximum atomic E-state index is 12.8. The molecule has 27 heavy (non-hydrogen) atoms. The zero-order chi connectivity index (χ0) is 19.0. The minimum Gasteiger partial charge on any atom is -0.507 e. The van der Waals surface area contributed by atoms with Gasteiger partial charge < -0.3 is 23.9 Å². The van der Waals surface area contributed by atoms with E-state index in [4.69, 9.17) is 13.9 Å². The summed E-state index contributed by atoms with van der Waals surface area (Å²) in [6.45, 7) is 4.00. The first-order chi connectivity index (χ1) is 13.0. The number of nitrogens with zero attached hydrogens (tertiary/aromatic N) is 1. The highest BCUT2D eigenvalue weighted by Crippen LogP contribution is 2.32. The topological polar surface area (TPSA) is 89.2 Å². The van der Waals surface area contributed by atoms with Gasteiger partial charge in [0.05, 0.1) is 18.6 Å². The van der Waals surface area contributed by atoms with Gasteiger partial charge in [-0.15, -0.1) is 0 Å². The van der Waals surface area contributed by atoms with Crippen LogP contribution in [0, 0.1) is 0 Å². The van der Waals surface area contributed by atoms with Gasteiger partial charge in [-0.1, -0.05) is 0 Å². The molecule has 140 valence electrons. The minimum absolute atomic E-state index is 0.0503. The molecule has 0 radical (unpaired) electrons. The van der Waals surface area contributed by atoms with Crippen LogP contribution in [-0.4, -0.2) is 43.8 Å². The molecule has 0 aliphatic carbocycles. The van der Waals surface area contributed by atoms with Gasteiger partial charge in [0.2, 0.25) is 5.43 Å². The second-order valence-corrected chi connectivity index (χ2v) is 6.52. The maximum absolute atomic E-state index is 12.8. The lowest BCUT2D eigenvalue weighted by Gasteiger charge is -2.29. The highest BCUT2D eigenvalue weighted by molar-refractivity contribution is 5.95. The minimum atomic E-state index is -0.310. The molecule has 0 unspecified atom stereocenters. The molecular formula is C20H19NO6. The van der Waals surface area contributed by atoms with Gasteiger partial charge in [0.25, 0.3) is 0 Å². The van der Waals surface area contributed by atoms with Crippen molar-refractivity contribution < 1.29 is 23.8 Å². The van der Waals surface area contributed by atoms with E-state index in [2.05, 4.69) is 4.90 Å². The Morgan fingerprint density at radius 2 is 1.96 bits per heavy atom. The number of hydrogen-bond acceptors (Lipinski definition) is 7. The Kier molecular flexibility index (Phi) is 4.45. The molecule has 1 aliphatic rings. The van der Waals surface area contributed by atoms with E-state index in [1.54, 1.807) is 30.3 Å². The van der Waals surface area contributed by atoms with Gasteiger partial charge in [-0.3, -0.25) is 9.59 Å². The first kappa shape index (κ1) is 17.4. The van der Waals surface area contributed by atoms with Crippen LogP contribution < -0.4 is 15.1 Å². The van der Waals surface area contributed by atoms with Crippen LogP contribution in [0.2, 0.25) is 0 Å². The van der Waals surface area contributed by atoms with Gasteiger partial charge in [-0.2, -0.15) is 0 Å². The van der Waals surface area contributed by atoms with E-state index in [0.29, 0.717) is 48.6 Å². The number of ketones is 1. The summed E-state index contributed by atoms with van der Waals surface area (Å²) in [7, 11) is 0. The number of morpholine rings is 1. The van der Waals surface area contributed by atoms with Crippen molar-refractivity contribution in [2.24, 2.45) is 0 Å². The lowest BCUT2D eigenvalue weighted by Crippen LogP contribution is -2.36. The summed E-state index contributed by atoms with van der Waals surface area (Å²) in [5.41, 5.74) is 1.11. The van der Waals surface area contributed by atoms with Crippen molar-refractivity contribution in [3.05, 3.63) is 40.6 Å². The molecule has 2 aromatic carbocycles. The highest BCUT2D eigenvalue weighted by atomic mass is 16.5. The standard InChI is InChI=1S/C20H19NO6/c1-12(22)11-26-14-2-3-15-17(10-14)27-18-9-13(21-4-6-25-7-5-21)8-16(23)19(18)20(15)24/h2-3,8-10,23H,4-7,11H2,1H3. The van der Waals surface area contributed by atoms with Crippen LogP contribution in [0.5, 0.6) is 11.5 Å². The number of rotatable bonds is 4. The molecule has 7 heteroatoms. The Hall–Kier alpha value is -3.06. The number of carbonyl (C=O) groups excluding carboxylic acids is 1. The average molecular weight is 369 g/mol. The SMILES string of the molecule is CC(=O)COc1ccc2c(=O)c3c(O)cc(N4CCOCC4)cc3oc2c1. The molecule has 1 fully saturated rings. The molecule has 4 rings (SSSR count). The van der Waals surface area contributed by atoms with Crippen molar-refractivity contribution in [3.8, 4) is 11.5 Å². The Labute approximate surface area is 154 Å². The number of benzene rings is 2. The van der Waals surface area contributed by atoms with E-state index in [9.17, 15) is 14.7 Å².